The molecule has 0 aromatic carbocycles. The van der Waals surface area contributed by atoms with Gasteiger partial charge in [0.1, 0.15) is 0 Å². The fourth-order valence-electron chi connectivity index (χ4n) is 2.21. The molecule has 1 aliphatic rings. The minimum absolute atomic E-state index is 0.0588. The molecule has 0 atom stereocenters. The van der Waals surface area contributed by atoms with E-state index in [0.29, 0.717) is 29.4 Å². The second kappa shape index (κ2) is 6.83. The Labute approximate surface area is 128 Å². The first-order chi connectivity index (χ1) is 9.85. The lowest BCUT2D eigenvalue weighted by Gasteiger charge is -2.24. The zero-order chi connectivity index (χ0) is 15.5. The van der Waals surface area contributed by atoms with Gasteiger partial charge in [-0.15, -0.1) is 0 Å². The summed E-state index contributed by atoms with van der Waals surface area (Å²) < 4.78 is 25.8. The lowest BCUT2D eigenvalue weighted by atomic mass is 10.1. The lowest BCUT2D eigenvalue weighted by molar-refractivity contribution is 0.418. The molecule has 0 amide bonds. The van der Waals surface area contributed by atoms with E-state index in [1.54, 1.807) is 12.3 Å². The van der Waals surface area contributed by atoms with Crippen LogP contribution in [-0.4, -0.2) is 32.3 Å². The molecule has 2 rings (SSSR count). The van der Waals surface area contributed by atoms with Crippen molar-refractivity contribution in [2.24, 2.45) is 0 Å². The Balaban J connectivity index is 2.02. The van der Waals surface area contributed by atoms with Crippen LogP contribution in [0.4, 0.5) is 10.2 Å². The largest absolute Gasteiger partial charge is 0.365 e. The lowest BCUT2D eigenvalue weighted by Crippen LogP contribution is -2.35. The van der Waals surface area contributed by atoms with Crippen LogP contribution in [0.2, 0.25) is 0 Å². The number of nitrogens with zero attached hydrogens (tertiary/aromatic N) is 1. The van der Waals surface area contributed by atoms with E-state index in [0.717, 1.165) is 12.8 Å². The summed E-state index contributed by atoms with van der Waals surface area (Å²) >= 11 is 0. The Hall–Kier alpha value is -1.01. The van der Waals surface area contributed by atoms with Crippen LogP contribution in [0, 0.1) is 5.82 Å². The number of anilines is 1. The van der Waals surface area contributed by atoms with Crippen molar-refractivity contribution in [2.75, 3.05) is 16.8 Å². The summed E-state index contributed by atoms with van der Waals surface area (Å²) in [6.07, 6.45) is 3.24. The van der Waals surface area contributed by atoms with E-state index in [4.69, 9.17) is 0 Å². The zero-order valence-corrected chi connectivity index (χ0v) is 13.7. The molecule has 0 unspecified atom stereocenters. The molecule has 1 aliphatic heterocycles. The quantitative estimate of drug-likeness (QED) is 0.896. The zero-order valence-electron chi connectivity index (χ0n) is 12.9. The second-order valence-corrected chi connectivity index (χ2v) is 8.20. The molecule has 2 N–H and O–H groups in total. The molecule has 2 heterocycles. The minimum atomic E-state index is -0.706. The predicted molar refractivity (Wildman–Crippen MR) is 85.3 cm³/mol. The second-order valence-electron chi connectivity index (χ2n) is 6.50. The van der Waals surface area contributed by atoms with Crippen molar-refractivity contribution in [3.8, 4) is 0 Å². The van der Waals surface area contributed by atoms with Crippen LogP contribution < -0.4 is 10.6 Å². The number of nitrogens with one attached hydrogen (secondary N) is 2. The van der Waals surface area contributed by atoms with Gasteiger partial charge in [-0.2, -0.15) is 0 Å². The highest BCUT2D eigenvalue weighted by molar-refractivity contribution is 7.85. The van der Waals surface area contributed by atoms with Gasteiger partial charge in [0.15, 0.2) is 11.6 Å². The van der Waals surface area contributed by atoms with Crippen molar-refractivity contribution in [1.29, 1.82) is 0 Å². The number of halogens is 1. The first kappa shape index (κ1) is 16.4. The fraction of sp³-hybridized carbons (Fsp3) is 0.667. The monoisotopic (exact) mass is 313 g/mol. The highest BCUT2D eigenvalue weighted by Gasteiger charge is 2.20. The predicted octanol–water partition coefficient (Wildman–Crippen LogP) is 2.43. The van der Waals surface area contributed by atoms with E-state index >= 15 is 0 Å². The van der Waals surface area contributed by atoms with E-state index in [2.05, 4.69) is 15.6 Å². The smallest absolute Gasteiger partial charge is 0.169 e. The van der Waals surface area contributed by atoms with Crippen LogP contribution in [0.3, 0.4) is 0 Å². The summed E-state index contributed by atoms with van der Waals surface area (Å²) in [5.41, 5.74) is 0.554. The molecular formula is C15H24FN3OS. The van der Waals surface area contributed by atoms with Crippen LogP contribution in [0.25, 0.3) is 0 Å². The minimum Gasteiger partial charge on any atom is -0.365 e. The van der Waals surface area contributed by atoms with Crippen molar-refractivity contribution in [1.82, 2.24) is 10.3 Å². The molecule has 21 heavy (non-hydrogen) atoms. The average Bonchev–Trinajstić information content (AvgIpc) is 2.41. The normalized spacial score (nSPS) is 23.0. The summed E-state index contributed by atoms with van der Waals surface area (Å²) in [7, 11) is -0.706. The summed E-state index contributed by atoms with van der Waals surface area (Å²) in [5.74, 6) is 1.39. The number of aromatic nitrogens is 1. The molecule has 0 bridgehead atoms. The van der Waals surface area contributed by atoms with Crippen molar-refractivity contribution < 1.29 is 8.60 Å². The Morgan fingerprint density at radius 1 is 1.38 bits per heavy atom. The van der Waals surface area contributed by atoms with Crippen LogP contribution in [-0.2, 0) is 17.3 Å². The van der Waals surface area contributed by atoms with Gasteiger partial charge in [-0.3, -0.25) is 4.21 Å². The molecule has 0 radical (unpaired) electrons. The van der Waals surface area contributed by atoms with E-state index in [-0.39, 0.29) is 17.4 Å². The van der Waals surface area contributed by atoms with Gasteiger partial charge in [0.05, 0.1) is 0 Å². The summed E-state index contributed by atoms with van der Waals surface area (Å²) in [4.78, 5) is 4.11. The van der Waals surface area contributed by atoms with Crippen molar-refractivity contribution >= 4 is 16.6 Å². The molecule has 1 saturated heterocycles. The average molecular weight is 313 g/mol. The Morgan fingerprint density at radius 3 is 2.67 bits per heavy atom. The van der Waals surface area contributed by atoms with Gasteiger partial charge in [-0.05, 0) is 39.7 Å². The van der Waals surface area contributed by atoms with E-state index in [1.165, 1.54) is 0 Å². The number of rotatable bonds is 4. The highest BCUT2D eigenvalue weighted by atomic mass is 32.2. The van der Waals surface area contributed by atoms with Crippen molar-refractivity contribution in [3.05, 3.63) is 23.6 Å². The Kier molecular flexibility index (Phi) is 5.32. The molecule has 1 aromatic rings. The maximum atomic E-state index is 14.5. The van der Waals surface area contributed by atoms with Crippen molar-refractivity contribution in [2.45, 2.75) is 51.7 Å². The summed E-state index contributed by atoms with van der Waals surface area (Å²) in [6, 6.07) is 1.87. The first-order valence-electron chi connectivity index (χ1n) is 7.35. The maximum absolute atomic E-state index is 14.5. The van der Waals surface area contributed by atoms with Gasteiger partial charge in [0.25, 0.3) is 0 Å². The third kappa shape index (κ3) is 5.04. The summed E-state index contributed by atoms with van der Waals surface area (Å²) in [6.45, 7) is 6.62. The molecule has 0 aliphatic carbocycles. The number of pyridine rings is 1. The maximum Gasteiger partial charge on any atom is 0.169 e. The van der Waals surface area contributed by atoms with E-state index < -0.39 is 10.8 Å². The van der Waals surface area contributed by atoms with Gasteiger partial charge < -0.3 is 10.6 Å². The van der Waals surface area contributed by atoms with Gasteiger partial charge in [-0.1, -0.05) is 0 Å². The van der Waals surface area contributed by atoms with Gasteiger partial charge in [0, 0.05) is 52.2 Å². The Bertz CT molecular complexity index is 506. The standard InChI is InChI=1S/C15H24FN3OS/c1-15(2,3)18-10-11-4-7-17-14(13(11)16)19-12-5-8-21(20)9-6-12/h4,7,12,18H,5-6,8-10H2,1-3H3,(H,17,19). The fourth-order valence-corrected chi connectivity index (χ4v) is 3.51. The molecule has 4 nitrogen and oxygen atoms in total. The third-order valence-electron chi connectivity index (χ3n) is 3.51. The topological polar surface area (TPSA) is 54.0 Å². The van der Waals surface area contributed by atoms with Crippen LogP contribution in [0.5, 0.6) is 0 Å². The number of hydrogen-bond acceptors (Lipinski definition) is 4. The first-order valence-corrected chi connectivity index (χ1v) is 8.84. The van der Waals surface area contributed by atoms with Gasteiger partial charge in [0.2, 0.25) is 0 Å². The molecule has 1 fully saturated rings. The molecule has 0 spiro atoms. The molecule has 0 saturated carbocycles. The highest BCUT2D eigenvalue weighted by Crippen LogP contribution is 2.20. The molecule has 118 valence electrons. The van der Waals surface area contributed by atoms with Gasteiger partial charge >= 0.3 is 0 Å². The van der Waals surface area contributed by atoms with E-state index in [1.807, 2.05) is 20.8 Å². The Morgan fingerprint density at radius 2 is 2.05 bits per heavy atom. The van der Waals surface area contributed by atoms with Gasteiger partial charge in [-0.25, -0.2) is 9.37 Å². The number of hydrogen-bond donors (Lipinski definition) is 2. The van der Waals surface area contributed by atoms with Crippen LogP contribution in [0.1, 0.15) is 39.2 Å². The van der Waals surface area contributed by atoms with Crippen LogP contribution >= 0.6 is 0 Å². The van der Waals surface area contributed by atoms with Crippen LogP contribution in [0.15, 0.2) is 12.3 Å². The molecule has 6 heteroatoms. The third-order valence-corrected chi connectivity index (χ3v) is 4.89. The van der Waals surface area contributed by atoms with E-state index in [9.17, 15) is 8.60 Å². The van der Waals surface area contributed by atoms with Crippen molar-refractivity contribution in [3.63, 3.8) is 0 Å². The molecular weight excluding hydrogens is 289 g/mol. The SMILES string of the molecule is CC(C)(C)NCc1ccnc(NC2CCS(=O)CC2)c1F. The molecule has 1 aromatic heterocycles. The summed E-state index contributed by atoms with van der Waals surface area (Å²) in [5, 5.41) is 6.44.